The summed E-state index contributed by atoms with van der Waals surface area (Å²) in [5, 5.41) is 4.00. The second-order valence-electron chi connectivity index (χ2n) is 8.04. The standard InChI is InChI=1S/C17H30N2/c1-16(14-8-9-14)13-19(15-6-2-3-7-15)17(12-18-16)10-4-5-11-17/h14-15,18H,2-13H2,1H3. The third-order valence-corrected chi connectivity index (χ3v) is 6.71. The van der Waals surface area contributed by atoms with Crippen molar-refractivity contribution < 1.29 is 0 Å². The summed E-state index contributed by atoms with van der Waals surface area (Å²) in [6.45, 7) is 5.12. The highest BCUT2D eigenvalue weighted by molar-refractivity contribution is 5.11. The summed E-state index contributed by atoms with van der Waals surface area (Å²) in [4.78, 5) is 3.02. The van der Waals surface area contributed by atoms with Crippen LogP contribution in [0, 0.1) is 5.92 Å². The van der Waals surface area contributed by atoms with E-state index in [0.717, 1.165) is 12.0 Å². The van der Waals surface area contributed by atoms with E-state index in [1.54, 1.807) is 0 Å². The van der Waals surface area contributed by atoms with E-state index in [0.29, 0.717) is 11.1 Å². The van der Waals surface area contributed by atoms with Gasteiger partial charge in [0.05, 0.1) is 0 Å². The molecule has 0 aromatic carbocycles. The van der Waals surface area contributed by atoms with E-state index in [1.807, 2.05) is 0 Å². The molecule has 1 heterocycles. The summed E-state index contributed by atoms with van der Waals surface area (Å²) in [5.74, 6) is 0.968. The number of rotatable bonds is 2. The molecule has 2 heteroatoms. The molecule has 4 aliphatic rings. The van der Waals surface area contributed by atoms with Crippen LogP contribution >= 0.6 is 0 Å². The lowest BCUT2D eigenvalue weighted by molar-refractivity contribution is -0.0244. The van der Waals surface area contributed by atoms with E-state index in [1.165, 1.54) is 77.3 Å². The van der Waals surface area contributed by atoms with Crippen molar-refractivity contribution in [2.75, 3.05) is 13.1 Å². The van der Waals surface area contributed by atoms with Gasteiger partial charge in [0.15, 0.2) is 0 Å². The summed E-state index contributed by atoms with van der Waals surface area (Å²) in [5.41, 5.74) is 0.972. The maximum absolute atomic E-state index is 4.00. The summed E-state index contributed by atoms with van der Waals surface area (Å²) >= 11 is 0. The number of nitrogens with one attached hydrogen (secondary N) is 1. The molecule has 0 amide bonds. The average Bonchev–Trinajstić information content (AvgIpc) is 2.97. The number of nitrogens with zero attached hydrogens (tertiary/aromatic N) is 1. The van der Waals surface area contributed by atoms with E-state index in [9.17, 15) is 0 Å². The van der Waals surface area contributed by atoms with Crippen LogP contribution in [0.15, 0.2) is 0 Å². The lowest BCUT2D eigenvalue weighted by Crippen LogP contribution is -2.70. The third-order valence-electron chi connectivity index (χ3n) is 6.71. The van der Waals surface area contributed by atoms with E-state index in [-0.39, 0.29) is 0 Å². The molecular formula is C17H30N2. The molecule has 4 fully saturated rings. The topological polar surface area (TPSA) is 15.3 Å². The van der Waals surface area contributed by atoms with Crippen molar-refractivity contribution in [1.29, 1.82) is 0 Å². The van der Waals surface area contributed by atoms with Gasteiger partial charge in [-0.2, -0.15) is 0 Å². The average molecular weight is 262 g/mol. The van der Waals surface area contributed by atoms with Crippen LogP contribution < -0.4 is 5.32 Å². The normalized spacial score (nSPS) is 40.3. The van der Waals surface area contributed by atoms with Crippen molar-refractivity contribution in [3.8, 4) is 0 Å². The fourth-order valence-corrected chi connectivity index (χ4v) is 5.27. The lowest BCUT2D eigenvalue weighted by atomic mass is 9.82. The largest absolute Gasteiger partial charge is 0.308 e. The fraction of sp³-hybridized carbons (Fsp3) is 1.00. The molecule has 3 aliphatic carbocycles. The molecule has 1 saturated heterocycles. The van der Waals surface area contributed by atoms with Crippen molar-refractivity contribution in [3.05, 3.63) is 0 Å². The van der Waals surface area contributed by atoms with Crippen LogP contribution in [-0.2, 0) is 0 Å². The second kappa shape index (κ2) is 4.46. The summed E-state index contributed by atoms with van der Waals surface area (Å²) in [6, 6.07) is 0.915. The van der Waals surface area contributed by atoms with Gasteiger partial charge in [-0.15, -0.1) is 0 Å². The van der Waals surface area contributed by atoms with Crippen molar-refractivity contribution in [1.82, 2.24) is 10.2 Å². The highest BCUT2D eigenvalue weighted by Crippen LogP contribution is 2.47. The SMILES string of the molecule is CC1(C2CC2)CN(C2CCCC2)C2(CCCC2)CN1. The molecule has 1 aliphatic heterocycles. The molecule has 3 saturated carbocycles. The van der Waals surface area contributed by atoms with Crippen LogP contribution in [0.4, 0.5) is 0 Å². The molecule has 4 rings (SSSR count). The van der Waals surface area contributed by atoms with Crippen molar-refractivity contribution in [2.45, 2.75) is 88.3 Å². The second-order valence-corrected chi connectivity index (χ2v) is 8.04. The van der Waals surface area contributed by atoms with Gasteiger partial charge in [0.1, 0.15) is 0 Å². The zero-order valence-corrected chi connectivity index (χ0v) is 12.6. The molecule has 0 bridgehead atoms. The number of hydrogen-bond donors (Lipinski definition) is 1. The molecule has 1 N–H and O–H groups in total. The molecule has 1 unspecified atom stereocenters. The van der Waals surface area contributed by atoms with Crippen molar-refractivity contribution in [3.63, 3.8) is 0 Å². The molecule has 1 spiro atoms. The van der Waals surface area contributed by atoms with E-state index in [2.05, 4.69) is 17.1 Å². The van der Waals surface area contributed by atoms with Crippen LogP contribution in [0.25, 0.3) is 0 Å². The van der Waals surface area contributed by atoms with Crippen LogP contribution in [-0.4, -0.2) is 35.1 Å². The first-order valence-corrected chi connectivity index (χ1v) is 8.74. The van der Waals surface area contributed by atoms with Crippen LogP contribution in [0.2, 0.25) is 0 Å². The minimum Gasteiger partial charge on any atom is -0.308 e. The predicted molar refractivity (Wildman–Crippen MR) is 79.3 cm³/mol. The van der Waals surface area contributed by atoms with Gasteiger partial charge < -0.3 is 5.32 Å². The Balaban J connectivity index is 1.59. The predicted octanol–water partition coefficient (Wildman–Crippen LogP) is 3.32. The monoisotopic (exact) mass is 262 g/mol. The third kappa shape index (κ3) is 2.06. The molecule has 19 heavy (non-hydrogen) atoms. The zero-order valence-electron chi connectivity index (χ0n) is 12.6. The molecule has 0 radical (unpaired) electrons. The van der Waals surface area contributed by atoms with Gasteiger partial charge in [-0.3, -0.25) is 4.90 Å². The Morgan fingerprint density at radius 1 is 0.947 bits per heavy atom. The smallest absolute Gasteiger partial charge is 0.0337 e. The molecular weight excluding hydrogens is 232 g/mol. The van der Waals surface area contributed by atoms with Gasteiger partial charge in [0.2, 0.25) is 0 Å². The lowest BCUT2D eigenvalue weighted by Gasteiger charge is -2.55. The maximum Gasteiger partial charge on any atom is 0.0337 e. The van der Waals surface area contributed by atoms with Gasteiger partial charge in [-0.05, 0) is 51.4 Å². The molecule has 2 nitrogen and oxygen atoms in total. The van der Waals surface area contributed by atoms with E-state index >= 15 is 0 Å². The summed E-state index contributed by atoms with van der Waals surface area (Å²) in [6.07, 6.45) is 14.7. The highest BCUT2D eigenvalue weighted by atomic mass is 15.3. The van der Waals surface area contributed by atoms with E-state index < -0.39 is 0 Å². The van der Waals surface area contributed by atoms with Crippen LogP contribution in [0.1, 0.15) is 71.1 Å². The highest BCUT2D eigenvalue weighted by Gasteiger charge is 2.53. The number of hydrogen-bond acceptors (Lipinski definition) is 2. The summed E-state index contributed by atoms with van der Waals surface area (Å²) < 4.78 is 0. The Labute approximate surface area is 118 Å². The first-order valence-electron chi connectivity index (χ1n) is 8.74. The Hall–Kier alpha value is -0.0800. The van der Waals surface area contributed by atoms with Gasteiger partial charge in [0, 0.05) is 30.2 Å². The quantitative estimate of drug-likeness (QED) is 0.821. The Kier molecular flexibility index (Phi) is 2.97. The van der Waals surface area contributed by atoms with Gasteiger partial charge >= 0.3 is 0 Å². The van der Waals surface area contributed by atoms with Crippen LogP contribution in [0.5, 0.6) is 0 Å². The molecule has 0 aromatic heterocycles. The summed E-state index contributed by atoms with van der Waals surface area (Å²) in [7, 11) is 0. The molecule has 0 aromatic rings. The minimum absolute atomic E-state index is 0.427. The van der Waals surface area contributed by atoms with Gasteiger partial charge in [-0.25, -0.2) is 0 Å². The maximum atomic E-state index is 4.00. The van der Waals surface area contributed by atoms with Crippen molar-refractivity contribution >= 4 is 0 Å². The Bertz CT molecular complexity index is 337. The zero-order chi connectivity index (χ0) is 12.9. The van der Waals surface area contributed by atoms with Crippen LogP contribution in [0.3, 0.4) is 0 Å². The molecule has 1 atom stereocenters. The fourth-order valence-electron chi connectivity index (χ4n) is 5.27. The minimum atomic E-state index is 0.427. The van der Waals surface area contributed by atoms with Crippen molar-refractivity contribution in [2.24, 2.45) is 5.92 Å². The number of piperazine rings is 1. The Morgan fingerprint density at radius 2 is 1.63 bits per heavy atom. The van der Waals surface area contributed by atoms with Gasteiger partial charge in [0.25, 0.3) is 0 Å². The first kappa shape index (κ1) is 12.6. The van der Waals surface area contributed by atoms with Gasteiger partial charge in [-0.1, -0.05) is 25.7 Å². The van der Waals surface area contributed by atoms with E-state index in [4.69, 9.17) is 0 Å². The first-order chi connectivity index (χ1) is 9.22. The molecule has 108 valence electrons. The Morgan fingerprint density at radius 3 is 2.26 bits per heavy atom.